The minimum atomic E-state index is 0.224. The molecular formula is C19H32N2. The first kappa shape index (κ1) is 15.1. The summed E-state index contributed by atoms with van der Waals surface area (Å²) >= 11 is 0. The first-order chi connectivity index (χ1) is 9.89. The van der Waals surface area contributed by atoms with Gasteiger partial charge in [0.2, 0.25) is 0 Å². The molecule has 2 nitrogen and oxygen atoms in total. The molecule has 1 heterocycles. The van der Waals surface area contributed by atoms with Crippen LogP contribution in [0.15, 0.2) is 6.07 Å². The van der Waals surface area contributed by atoms with E-state index in [1.54, 1.807) is 0 Å². The van der Waals surface area contributed by atoms with Crippen LogP contribution >= 0.6 is 0 Å². The highest BCUT2D eigenvalue weighted by Crippen LogP contribution is 2.43. The summed E-state index contributed by atoms with van der Waals surface area (Å²) in [7, 11) is 0. The molecule has 2 aliphatic rings. The van der Waals surface area contributed by atoms with Crippen molar-refractivity contribution in [1.82, 2.24) is 4.57 Å². The first-order valence-corrected chi connectivity index (χ1v) is 8.85. The second-order valence-electron chi connectivity index (χ2n) is 8.35. The zero-order valence-electron chi connectivity index (χ0n) is 14.3. The quantitative estimate of drug-likeness (QED) is 0.823. The fraction of sp³-hybridized carbons (Fsp3) is 0.789. The Morgan fingerprint density at radius 1 is 1.24 bits per heavy atom. The second-order valence-corrected chi connectivity index (χ2v) is 8.35. The van der Waals surface area contributed by atoms with Gasteiger partial charge >= 0.3 is 0 Å². The maximum absolute atomic E-state index is 6.47. The second kappa shape index (κ2) is 5.46. The third-order valence-electron chi connectivity index (χ3n) is 5.93. The molecule has 118 valence electrons. The van der Waals surface area contributed by atoms with Crippen LogP contribution < -0.4 is 5.73 Å². The van der Waals surface area contributed by atoms with Crippen molar-refractivity contribution in [3.8, 4) is 0 Å². The average Bonchev–Trinajstić information content (AvgIpc) is 2.74. The molecule has 0 bridgehead atoms. The summed E-state index contributed by atoms with van der Waals surface area (Å²) in [6.07, 6.45) is 9.38. The predicted molar refractivity (Wildman–Crippen MR) is 89.5 cm³/mol. The van der Waals surface area contributed by atoms with E-state index in [-0.39, 0.29) is 6.04 Å². The van der Waals surface area contributed by atoms with Gasteiger partial charge in [0.15, 0.2) is 0 Å². The molecule has 0 amide bonds. The Hall–Kier alpha value is -0.760. The van der Waals surface area contributed by atoms with E-state index in [0.717, 1.165) is 12.3 Å². The monoisotopic (exact) mass is 288 g/mol. The van der Waals surface area contributed by atoms with E-state index in [1.807, 2.05) is 0 Å². The third-order valence-corrected chi connectivity index (χ3v) is 5.93. The highest BCUT2D eigenvalue weighted by molar-refractivity contribution is 5.34. The van der Waals surface area contributed by atoms with Gasteiger partial charge in [-0.05, 0) is 62.5 Å². The molecule has 0 aliphatic heterocycles. The molecule has 0 spiro atoms. The molecule has 2 N–H and O–H groups in total. The van der Waals surface area contributed by atoms with Crippen LogP contribution in [0.25, 0.3) is 0 Å². The number of nitrogens with zero attached hydrogens (tertiary/aromatic N) is 1. The number of nitrogens with two attached hydrogens (primary N) is 1. The minimum absolute atomic E-state index is 0.224. The van der Waals surface area contributed by atoms with Crippen LogP contribution in [0.5, 0.6) is 0 Å². The zero-order chi connectivity index (χ0) is 15.2. The lowest BCUT2D eigenvalue weighted by molar-refractivity contribution is 0.237. The lowest BCUT2D eigenvalue weighted by Crippen LogP contribution is -2.32. The van der Waals surface area contributed by atoms with Gasteiger partial charge in [-0.3, -0.25) is 0 Å². The van der Waals surface area contributed by atoms with Gasteiger partial charge in [-0.2, -0.15) is 0 Å². The number of hydrogen-bond acceptors (Lipinski definition) is 1. The molecule has 2 atom stereocenters. The Kier molecular flexibility index (Phi) is 3.94. The summed E-state index contributed by atoms with van der Waals surface area (Å²) in [4.78, 5) is 0. The van der Waals surface area contributed by atoms with Crippen molar-refractivity contribution in [3.05, 3.63) is 23.0 Å². The highest BCUT2D eigenvalue weighted by Gasteiger charge is 2.35. The van der Waals surface area contributed by atoms with Crippen LogP contribution in [-0.4, -0.2) is 4.57 Å². The number of aromatic nitrogens is 1. The van der Waals surface area contributed by atoms with Gasteiger partial charge in [-0.25, -0.2) is 0 Å². The normalized spacial score (nSPS) is 27.4. The molecule has 1 aromatic heterocycles. The Balaban J connectivity index is 1.95. The molecule has 0 saturated heterocycles. The van der Waals surface area contributed by atoms with E-state index in [9.17, 15) is 0 Å². The van der Waals surface area contributed by atoms with Crippen molar-refractivity contribution in [2.45, 2.75) is 84.7 Å². The lowest BCUT2D eigenvalue weighted by atomic mass is 9.74. The Labute approximate surface area is 130 Å². The SMILES string of the molecule is Cc1cc2c(n1C(C)C1CCCCC1)CC(C)(C)CC2N. The van der Waals surface area contributed by atoms with Crippen molar-refractivity contribution >= 4 is 0 Å². The van der Waals surface area contributed by atoms with Crippen molar-refractivity contribution in [1.29, 1.82) is 0 Å². The summed E-state index contributed by atoms with van der Waals surface area (Å²) in [6, 6.07) is 3.23. The Morgan fingerprint density at radius 3 is 2.57 bits per heavy atom. The molecule has 1 saturated carbocycles. The molecule has 21 heavy (non-hydrogen) atoms. The van der Waals surface area contributed by atoms with E-state index in [4.69, 9.17) is 5.73 Å². The molecule has 0 aromatic carbocycles. The van der Waals surface area contributed by atoms with Gasteiger partial charge in [-0.1, -0.05) is 33.1 Å². The van der Waals surface area contributed by atoms with Crippen LogP contribution in [0.2, 0.25) is 0 Å². The maximum Gasteiger partial charge on any atom is 0.0335 e. The Morgan fingerprint density at radius 2 is 1.90 bits per heavy atom. The topological polar surface area (TPSA) is 30.9 Å². The molecule has 1 fully saturated rings. The first-order valence-electron chi connectivity index (χ1n) is 8.85. The van der Waals surface area contributed by atoms with Crippen LogP contribution in [0, 0.1) is 18.3 Å². The zero-order valence-corrected chi connectivity index (χ0v) is 14.3. The van der Waals surface area contributed by atoms with Gasteiger partial charge in [0.05, 0.1) is 0 Å². The fourth-order valence-electron chi connectivity index (χ4n) is 4.86. The van der Waals surface area contributed by atoms with E-state index in [2.05, 4.69) is 38.3 Å². The summed E-state index contributed by atoms with van der Waals surface area (Å²) in [5.74, 6) is 0.857. The number of fused-ring (bicyclic) bond motifs is 1. The molecule has 1 aromatic rings. The summed E-state index contributed by atoms with van der Waals surface area (Å²) in [5.41, 5.74) is 11.2. The van der Waals surface area contributed by atoms with Gasteiger partial charge in [0.25, 0.3) is 0 Å². The van der Waals surface area contributed by atoms with Crippen LogP contribution in [0.3, 0.4) is 0 Å². The highest BCUT2D eigenvalue weighted by atomic mass is 15.0. The van der Waals surface area contributed by atoms with E-state index in [0.29, 0.717) is 11.5 Å². The van der Waals surface area contributed by atoms with Crippen LogP contribution in [-0.2, 0) is 6.42 Å². The van der Waals surface area contributed by atoms with E-state index in [1.165, 1.54) is 55.5 Å². The fourth-order valence-corrected chi connectivity index (χ4v) is 4.86. The third kappa shape index (κ3) is 2.79. The molecule has 0 radical (unpaired) electrons. The van der Waals surface area contributed by atoms with Crippen molar-refractivity contribution < 1.29 is 0 Å². The maximum atomic E-state index is 6.47. The van der Waals surface area contributed by atoms with E-state index >= 15 is 0 Å². The standard InChI is InChI=1S/C19H32N2/c1-13-10-16-17(20)11-19(3,4)12-18(16)21(13)14(2)15-8-6-5-7-9-15/h10,14-15,17H,5-9,11-12,20H2,1-4H3. The number of aryl methyl sites for hydroxylation is 1. The van der Waals surface area contributed by atoms with Crippen molar-refractivity contribution in [2.24, 2.45) is 17.1 Å². The smallest absolute Gasteiger partial charge is 0.0335 e. The van der Waals surface area contributed by atoms with Gasteiger partial charge in [0.1, 0.15) is 0 Å². The molecular weight excluding hydrogens is 256 g/mol. The molecule has 3 rings (SSSR count). The summed E-state index contributed by atoms with van der Waals surface area (Å²) < 4.78 is 2.64. The summed E-state index contributed by atoms with van der Waals surface area (Å²) in [5, 5.41) is 0. The Bertz CT molecular complexity index is 506. The minimum Gasteiger partial charge on any atom is -0.346 e. The van der Waals surface area contributed by atoms with Crippen molar-refractivity contribution in [3.63, 3.8) is 0 Å². The lowest BCUT2D eigenvalue weighted by Gasteiger charge is -2.37. The predicted octanol–water partition coefficient (Wildman–Crippen LogP) is 4.91. The van der Waals surface area contributed by atoms with Gasteiger partial charge < -0.3 is 10.3 Å². The summed E-state index contributed by atoms with van der Waals surface area (Å²) in [6.45, 7) is 9.45. The van der Waals surface area contributed by atoms with Gasteiger partial charge in [-0.15, -0.1) is 0 Å². The van der Waals surface area contributed by atoms with E-state index < -0.39 is 0 Å². The van der Waals surface area contributed by atoms with Crippen LogP contribution in [0.4, 0.5) is 0 Å². The molecule has 2 heteroatoms. The number of rotatable bonds is 2. The average molecular weight is 288 g/mol. The van der Waals surface area contributed by atoms with Gasteiger partial charge in [0, 0.05) is 23.5 Å². The van der Waals surface area contributed by atoms with Crippen molar-refractivity contribution in [2.75, 3.05) is 0 Å². The number of hydrogen-bond donors (Lipinski definition) is 1. The molecule has 2 unspecified atom stereocenters. The van der Waals surface area contributed by atoms with Crippen LogP contribution in [0.1, 0.15) is 88.3 Å². The molecule has 2 aliphatic carbocycles. The largest absolute Gasteiger partial charge is 0.346 e.